The predicted octanol–water partition coefficient (Wildman–Crippen LogP) is 0.631. The molecule has 6 nitrogen and oxygen atoms in total. The van der Waals surface area contributed by atoms with E-state index in [1.54, 1.807) is 0 Å². The van der Waals surface area contributed by atoms with Crippen molar-refractivity contribution in [2.24, 2.45) is 0 Å². The Morgan fingerprint density at radius 3 is 1.40 bits per heavy atom. The highest BCUT2D eigenvalue weighted by atomic mass is 16.6. The van der Waals surface area contributed by atoms with Gasteiger partial charge in [-0.05, 0) is 12.8 Å². The molecule has 2 heterocycles. The van der Waals surface area contributed by atoms with Gasteiger partial charge in [-0.15, -0.1) is 0 Å². The van der Waals surface area contributed by atoms with E-state index in [2.05, 4.69) is 0 Å². The van der Waals surface area contributed by atoms with Gasteiger partial charge in [0.1, 0.15) is 12.2 Å². The molecular weight excluding hydrogens is 264 g/mol. The first kappa shape index (κ1) is 16.1. The van der Waals surface area contributed by atoms with Crippen LogP contribution < -0.4 is 0 Å². The van der Waals surface area contributed by atoms with Crippen molar-refractivity contribution in [1.82, 2.24) is 0 Å². The minimum atomic E-state index is 0.341. The fourth-order valence-electron chi connectivity index (χ4n) is 1.61. The Morgan fingerprint density at radius 2 is 1.00 bits per heavy atom. The lowest BCUT2D eigenvalue weighted by Crippen LogP contribution is -2.10. The lowest BCUT2D eigenvalue weighted by Gasteiger charge is -2.06. The largest absolute Gasteiger partial charge is 0.379 e. The molecule has 118 valence electrons. The number of hydrogen-bond acceptors (Lipinski definition) is 6. The van der Waals surface area contributed by atoms with E-state index in [0.29, 0.717) is 51.8 Å². The van der Waals surface area contributed by atoms with Gasteiger partial charge in [-0.2, -0.15) is 0 Å². The zero-order valence-electron chi connectivity index (χ0n) is 12.1. The van der Waals surface area contributed by atoms with Gasteiger partial charge in [-0.3, -0.25) is 0 Å². The second-order valence-electron chi connectivity index (χ2n) is 4.99. The van der Waals surface area contributed by atoms with Crippen molar-refractivity contribution >= 4 is 0 Å². The summed E-state index contributed by atoms with van der Waals surface area (Å²) in [5, 5.41) is 0. The van der Waals surface area contributed by atoms with Gasteiger partial charge in [-0.25, -0.2) is 0 Å². The maximum absolute atomic E-state index is 5.45. The normalized spacial score (nSPS) is 24.0. The van der Waals surface area contributed by atoms with Crippen LogP contribution in [0.2, 0.25) is 0 Å². The van der Waals surface area contributed by atoms with Crippen molar-refractivity contribution < 1.29 is 28.4 Å². The van der Waals surface area contributed by atoms with Crippen molar-refractivity contribution in [3.05, 3.63) is 0 Å². The predicted molar refractivity (Wildman–Crippen MR) is 72.0 cm³/mol. The van der Waals surface area contributed by atoms with E-state index >= 15 is 0 Å². The van der Waals surface area contributed by atoms with E-state index in [1.165, 1.54) is 0 Å². The van der Waals surface area contributed by atoms with Crippen LogP contribution in [0.1, 0.15) is 12.8 Å². The van der Waals surface area contributed by atoms with Gasteiger partial charge < -0.3 is 28.4 Å². The Bertz CT molecular complexity index is 206. The first-order valence-electron chi connectivity index (χ1n) is 7.49. The number of rotatable bonds is 15. The third-order valence-corrected chi connectivity index (χ3v) is 2.98. The van der Waals surface area contributed by atoms with E-state index in [-0.39, 0.29) is 0 Å². The SMILES string of the molecule is C(CCOCCOCC1CO1)COCCOCC1CO1. The molecule has 6 heteroatoms. The molecule has 0 bridgehead atoms. The van der Waals surface area contributed by atoms with Crippen LogP contribution in [0.15, 0.2) is 0 Å². The Balaban J connectivity index is 1.17. The minimum absolute atomic E-state index is 0.341. The minimum Gasteiger partial charge on any atom is -0.379 e. The molecule has 2 atom stereocenters. The smallest absolute Gasteiger partial charge is 0.104 e. The van der Waals surface area contributed by atoms with E-state index in [0.717, 1.165) is 39.3 Å². The Kier molecular flexibility index (Phi) is 8.46. The van der Waals surface area contributed by atoms with Crippen molar-refractivity contribution in [1.29, 1.82) is 0 Å². The molecule has 0 spiro atoms. The standard InChI is InChI=1S/C14H26O6/c1(3-15-5-7-17-9-13-11-19-13)2-4-16-6-8-18-10-14-12-20-14/h13-14H,1-12H2. The molecule has 0 N–H and O–H groups in total. The average molecular weight is 290 g/mol. The maximum Gasteiger partial charge on any atom is 0.104 e. The van der Waals surface area contributed by atoms with Crippen molar-refractivity contribution in [2.75, 3.05) is 66.1 Å². The molecule has 2 aliphatic heterocycles. The molecule has 2 rings (SSSR count). The van der Waals surface area contributed by atoms with Crippen molar-refractivity contribution in [3.63, 3.8) is 0 Å². The molecule has 0 amide bonds. The summed E-state index contributed by atoms with van der Waals surface area (Å²) in [5.74, 6) is 0. The highest BCUT2D eigenvalue weighted by Crippen LogP contribution is 2.08. The van der Waals surface area contributed by atoms with E-state index in [9.17, 15) is 0 Å². The van der Waals surface area contributed by atoms with Crippen LogP contribution in [-0.2, 0) is 28.4 Å². The Labute approximate surface area is 120 Å². The second-order valence-corrected chi connectivity index (χ2v) is 4.99. The zero-order valence-corrected chi connectivity index (χ0v) is 12.1. The molecule has 2 aliphatic rings. The van der Waals surface area contributed by atoms with Crippen LogP contribution in [-0.4, -0.2) is 78.3 Å². The molecule has 2 fully saturated rings. The Hall–Kier alpha value is -0.240. The van der Waals surface area contributed by atoms with Crippen LogP contribution in [0, 0.1) is 0 Å². The van der Waals surface area contributed by atoms with Crippen LogP contribution in [0.5, 0.6) is 0 Å². The number of unbranched alkanes of at least 4 members (excludes halogenated alkanes) is 1. The van der Waals surface area contributed by atoms with Crippen molar-refractivity contribution in [2.45, 2.75) is 25.0 Å². The summed E-state index contributed by atoms with van der Waals surface area (Å²) >= 11 is 0. The second kappa shape index (κ2) is 10.5. The molecule has 0 aliphatic carbocycles. The summed E-state index contributed by atoms with van der Waals surface area (Å²) in [6.07, 6.45) is 2.71. The summed E-state index contributed by atoms with van der Waals surface area (Å²) < 4.78 is 31.7. The topological polar surface area (TPSA) is 62.0 Å². The monoisotopic (exact) mass is 290 g/mol. The molecule has 2 saturated heterocycles. The third-order valence-electron chi connectivity index (χ3n) is 2.98. The Morgan fingerprint density at radius 1 is 0.600 bits per heavy atom. The molecule has 20 heavy (non-hydrogen) atoms. The fourth-order valence-corrected chi connectivity index (χ4v) is 1.61. The van der Waals surface area contributed by atoms with E-state index in [1.807, 2.05) is 0 Å². The van der Waals surface area contributed by atoms with Gasteiger partial charge in [0.2, 0.25) is 0 Å². The third kappa shape index (κ3) is 9.63. The van der Waals surface area contributed by atoms with Gasteiger partial charge >= 0.3 is 0 Å². The van der Waals surface area contributed by atoms with Crippen LogP contribution in [0.4, 0.5) is 0 Å². The quantitative estimate of drug-likeness (QED) is 0.326. The van der Waals surface area contributed by atoms with Gasteiger partial charge in [0, 0.05) is 13.2 Å². The van der Waals surface area contributed by atoms with Gasteiger partial charge in [-0.1, -0.05) is 0 Å². The summed E-state index contributed by atoms with van der Waals surface area (Å²) in [6.45, 7) is 7.25. The lowest BCUT2D eigenvalue weighted by atomic mass is 10.3. The zero-order chi connectivity index (χ0) is 13.9. The molecule has 0 radical (unpaired) electrons. The van der Waals surface area contributed by atoms with Crippen molar-refractivity contribution in [3.8, 4) is 0 Å². The average Bonchev–Trinajstić information content (AvgIpc) is 3.34. The highest BCUT2D eigenvalue weighted by Gasteiger charge is 2.22. The molecular formula is C14H26O6. The maximum atomic E-state index is 5.45. The van der Waals surface area contributed by atoms with Crippen LogP contribution >= 0.6 is 0 Å². The van der Waals surface area contributed by atoms with E-state index in [4.69, 9.17) is 28.4 Å². The van der Waals surface area contributed by atoms with Gasteiger partial charge in [0.05, 0.1) is 52.9 Å². The molecule has 0 aromatic rings. The first-order chi connectivity index (χ1) is 9.95. The fraction of sp³-hybridized carbons (Fsp3) is 1.00. The lowest BCUT2D eigenvalue weighted by molar-refractivity contribution is 0.0290. The molecule has 0 aromatic heterocycles. The number of epoxide rings is 2. The summed E-state index contributed by atoms with van der Waals surface area (Å²) in [6, 6.07) is 0. The summed E-state index contributed by atoms with van der Waals surface area (Å²) in [5.41, 5.74) is 0. The van der Waals surface area contributed by atoms with Gasteiger partial charge in [0.25, 0.3) is 0 Å². The molecule has 0 saturated carbocycles. The summed E-state index contributed by atoms with van der Waals surface area (Å²) in [4.78, 5) is 0. The number of hydrogen-bond donors (Lipinski definition) is 0. The molecule has 0 aromatic carbocycles. The van der Waals surface area contributed by atoms with Crippen LogP contribution in [0.25, 0.3) is 0 Å². The van der Waals surface area contributed by atoms with E-state index < -0.39 is 0 Å². The highest BCUT2D eigenvalue weighted by molar-refractivity contribution is 4.67. The van der Waals surface area contributed by atoms with Crippen LogP contribution in [0.3, 0.4) is 0 Å². The summed E-state index contributed by atoms with van der Waals surface area (Å²) in [7, 11) is 0. The first-order valence-corrected chi connectivity index (χ1v) is 7.49. The number of ether oxygens (including phenoxy) is 6. The molecule has 2 unspecified atom stereocenters. The van der Waals surface area contributed by atoms with Gasteiger partial charge in [0.15, 0.2) is 0 Å².